The van der Waals surface area contributed by atoms with Gasteiger partial charge in [-0.25, -0.2) is 9.78 Å². The maximum Gasteiger partial charge on any atom is 0.326 e. The van der Waals surface area contributed by atoms with Crippen molar-refractivity contribution in [1.29, 1.82) is 0 Å². The lowest BCUT2D eigenvalue weighted by Crippen LogP contribution is -2.42. The van der Waals surface area contributed by atoms with Gasteiger partial charge in [-0.05, 0) is 6.42 Å². The Kier molecular flexibility index (Phi) is 4.41. The minimum Gasteiger partial charge on any atom is -0.480 e. The number of hydrogen-bond donors (Lipinski definition) is 2. The molecule has 0 spiro atoms. The fraction of sp³-hybridized carbons (Fsp3) is 0.636. The molecular formula is C11H18N4O3. The van der Waals surface area contributed by atoms with Crippen molar-refractivity contribution >= 4 is 11.9 Å². The Bertz CT molecular complexity index is 441. The molecule has 0 saturated carbocycles. The summed E-state index contributed by atoms with van der Waals surface area (Å²) in [4.78, 5) is 28.2. The van der Waals surface area contributed by atoms with E-state index in [2.05, 4.69) is 15.2 Å². The number of hydrogen-bond acceptors (Lipinski definition) is 4. The normalized spacial score (nSPS) is 12.5. The van der Waals surface area contributed by atoms with Gasteiger partial charge in [-0.3, -0.25) is 9.89 Å². The summed E-state index contributed by atoms with van der Waals surface area (Å²) in [7, 11) is 1.44. The van der Waals surface area contributed by atoms with Crippen LogP contribution in [0.2, 0.25) is 0 Å². The number of aromatic nitrogens is 3. The molecule has 1 heterocycles. The summed E-state index contributed by atoms with van der Waals surface area (Å²) < 4.78 is 0. The van der Waals surface area contributed by atoms with Gasteiger partial charge in [0.25, 0.3) is 5.91 Å². The number of carbonyl (C=O) groups is 2. The minimum atomic E-state index is -1.03. The minimum absolute atomic E-state index is 0.000833. The molecule has 1 rings (SSSR count). The molecular weight excluding hydrogens is 236 g/mol. The number of likely N-dealkylation sites (N-methyl/N-ethyl adjacent to an activating group) is 1. The van der Waals surface area contributed by atoms with E-state index in [1.54, 1.807) is 6.92 Å². The van der Waals surface area contributed by atoms with Crippen LogP contribution < -0.4 is 0 Å². The highest BCUT2D eigenvalue weighted by Gasteiger charge is 2.27. The quantitative estimate of drug-likeness (QED) is 0.812. The summed E-state index contributed by atoms with van der Waals surface area (Å²) in [5.74, 6) is -0.790. The van der Waals surface area contributed by atoms with Crippen LogP contribution >= 0.6 is 0 Å². The average molecular weight is 254 g/mol. The van der Waals surface area contributed by atoms with Gasteiger partial charge in [0, 0.05) is 13.0 Å². The molecule has 0 bridgehead atoms. The Morgan fingerprint density at radius 1 is 1.44 bits per heavy atom. The van der Waals surface area contributed by atoms with Gasteiger partial charge >= 0.3 is 5.97 Å². The Morgan fingerprint density at radius 2 is 2.06 bits per heavy atom. The highest BCUT2D eigenvalue weighted by atomic mass is 16.4. The maximum absolute atomic E-state index is 12.0. The molecule has 1 amide bonds. The number of rotatable bonds is 5. The standard InChI is InChI=1S/C11H18N4O3/c1-5-7(11(17)18)15(4)10(16)9-12-8(6(2)3)13-14-9/h6-7H,5H2,1-4H3,(H,17,18)(H,12,13,14). The van der Waals surface area contributed by atoms with Crippen LogP contribution in [0.15, 0.2) is 0 Å². The highest BCUT2D eigenvalue weighted by molar-refractivity contribution is 5.93. The van der Waals surface area contributed by atoms with Crippen LogP contribution in [0.1, 0.15) is 49.6 Å². The lowest BCUT2D eigenvalue weighted by molar-refractivity contribution is -0.142. The zero-order valence-electron chi connectivity index (χ0n) is 11.0. The second-order valence-corrected chi connectivity index (χ2v) is 4.38. The highest BCUT2D eigenvalue weighted by Crippen LogP contribution is 2.10. The lowest BCUT2D eigenvalue weighted by Gasteiger charge is -2.22. The third-order valence-corrected chi connectivity index (χ3v) is 2.70. The molecule has 1 unspecified atom stereocenters. The van der Waals surface area contributed by atoms with Crippen molar-refractivity contribution in [3.05, 3.63) is 11.6 Å². The molecule has 0 fully saturated rings. The molecule has 0 saturated heterocycles. The van der Waals surface area contributed by atoms with E-state index in [0.29, 0.717) is 12.2 Å². The van der Waals surface area contributed by atoms with E-state index in [9.17, 15) is 9.59 Å². The summed E-state index contributed by atoms with van der Waals surface area (Å²) in [5.41, 5.74) is 0. The second-order valence-electron chi connectivity index (χ2n) is 4.38. The van der Waals surface area contributed by atoms with Crippen LogP contribution in [0.4, 0.5) is 0 Å². The van der Waals surface area contributed by atoms with Crippen molar-refractivity contribution in [2.45, 2.75) is 39.2 Å². The molecule has 1 atom stereocenters. The summed E-state index contributed by atoms with van der Waals surface area (Å²) in [6, 6.07) is -0.863. The zero-order chi connectivity index (χ0) is 13.9. The summed E-state index contributed by atoms with van der Waals surface area (Å²) in [6.07, 6.45) is 0.332. The summed E-state index contributed by atoms with van der Waals surface area (Å²) >= 11 is 0. The number of aromatic amines is 1. The molecule has 0 aromatic carbocycles. The van der Waals surface area contributed by atoms with Crippen molar-refractivity contribution in [1.82, 2.24) is 20.1 Å². The number of carboxylic acid groups (broad SMARTS) is 1. The Labute approximate surface area is 105 Å². The molecule has 7 nitrogen and oxygen atoms in total. The Hall–Kier alpha value is -1.92. The molecule has 2 N–H and O–H groups in total. The van der Waals surface area contributed by atoms with Gasteiger partial charge in [0.2, 0.25) is 5.82 Å². The van der Waals surface area contributed by atoms with Crippen molar-refractivity contribution < 1.29 is 14.7 Å². The lowest BCUT2D eigenvalue weighted by atomic mass is 10.2. The van der Waals surface area contributed by atoms with E-state index in [-0.39, 0.29) is 11.7 Å². The third kappa shape index (κ3) is 2.85. The Morgan fingerprint density at radius 3 is 2.44 bits per heavy atom. The monoisotopic (exact) mass is 254 g/mol. The number of nitrogens with zero attached hydrogens (tertiary/aromatic N) is 3. The predicted octanol–water partition coefficient (Wildman–Crippen LogP) is 0.863. The third-order valence-electron chi connectivity index (χ3n) is 2.70. The van der Waals surface area contributed by atoms with E-state index in [1.807, 2.05) is 13.8 Å². The van der Waals surface area contributed by atoms with Crippen molar-refractivity contribution in [3.63, 3.8) is 0 Å². The van der Waals surface area contributed by atoms with Gasteiger partial charge in [0.1, 0.15) is 11.9 Å². The van der Waals surface area contributed by atoms with E-state index >= 15 is 0 Å². The van der Waals surface area contributed by atoms with Gasteiger partial charge in [-0.1, -0.05) is 20.8 Å². The van der Waals surface area contributed by atoms with E-state index in [0.717, 1.165) is 4.90 Å². The number of amides is 1. The SMILES string of the molecule is CCC(C(=O)O)N(C)C(=O)c1n[nH]c(C(C)C)n1. The van der Waals surface area contributed by atoms with Crippen molar-refractivity contribution in [2.24, 2.45) is 0 Å². The molecule has 100 valence electrons. The summed E-state index contributed by atoms with van der Waals surface area (Å²) in [6.45, 7) is 5.55. The first-order chi connectivity index (χ1) is 8.38. The molecule has 18 heavy (non-hydrogen) atoms. The van der Waals surface area contributed by atoms with Crippen LogP contribution in [-0.4, -0.2) is 50.2 Å². The molecule has 7 heteroatoms. The van der Waals surface area contributed by atoms with Crippen LogP contribution in [0.3, 0.4) is 0 Å². The molecule has 1 aromatic heterocycles. The zero-order valence-corrected chi connectivity index (χ0v) is 11.0. The van der Waals surface area contributed by atoms with Gasteiger partial charge in [-0.15, -0.1) is 5.10 Å². The number of aliphatic carboxylic acids is 1. The Balaban J connectivity index is 2.88. The van der Waals surface area contributed by atoms with Gasteiger partial charge < -0.3 is 10.0 Å². The van der Waals surface area contributed by atoms with Crippen molar-refractivity contribution in [3.8, 4) is 0 Å². The molecule has 0 radical (unpaired) electrons. The first-order valence-electron chi connectivity index (χ1n) is 5.80. The first kappa shape index (κ1) is 14.1. The van der Waals surface area contributed by atoms with Gasteiger partial charge in [0.15, 0.2) is 0 Å². The van der Waals surface area contributed by atoms with E-state index in [1.165, 1.54) is 7.05 Å². The predicted molar refractivity (Wildman–Crippen MR) is 64.3 cm³/mol. The van der Waals surface area contributed by atoms with E-state index < -0.39 is 17.9 Å². The van der Waals surface area contributed by atoms with Crippen LogP contribution in [0.5, 0.6) is 0 Å². The number of carbonyl (C=O) groups excluding carboxylic acids is 1. The number of carboxylic acids is 1. The van der Waals surface area contributed by atoms with Crippen LogP contribution in [-0.2, 0) is 4.79 Å². The van der Waals surface area contributed by atoms with Gasteiger partial charge in [-0.2, -0.15) is 0 Å². The fourth-order valence-corrected chi connectivity index (χ4v) is 1.54. The fourth-order valence-electron chi connectivity index (χ4n) is 1.54. The summed E-state index contributed by atoms with van der Waals surface area (Å²) in [5, 5.41) is 15.5. The van der Waals surface area contributed by atoms with Crippen molar-refractivity contribution in [2.75, 3.05) is 7.05 Å². The van der Waals surface area contributed by atoms with E-state index in [4.69, 9.17) is 5.11 Å². The van der Waals surface area contributed by atoms with Crippen LogP contribution in [0, 0.1) is 0 Å². The molecule has 1 aromatic rings. The average Bonchev–Trinajstić information content (AvgIpc) is 2.77. The molecule has 0 aliphatic heterocycles. The largest absolute Gasteiger partial charge is 0.480 e. The first-order valence-corrected chi connectivity index (χ1v) is 5.80. The topological polar surface area (TPSA) is 99.2 Å². The van der Waals surface area contributed by atoms with Gasteiger partial charge in [0.05, 0.1) is 0 Å². The smallest absolute Gasteiger partial charge is 0.326 e. The molecule has 0 aliphatic rings. The number of H-pyrrole nitrogens is 1. The maximum atomic E-state index is 12.0. The van der Waals surface area contributed by atoms with Crippen LogP contribution in [0.25, 0.3) is 0 Å². The second kappa shape index (κ2) is 5.61. The molecule has 0 aliphatic carbocycles. The number of nitrogens with one attached hydrogen (secondary N) is 1.